The predicted octanol–water partition coefficient (Wildman–Crippen LogP) is 2.37. The SMILES string of the molecule is CN(C)CCCC[C@@H]1NC(=O)[C@@H](CC2CC=CS2)NC(=O)CCC(=O)Nc2ccc(cc2)C[C@@H](C(=O)O)NC(=O)[C@@H](Cc2ccccc2)NC1=O. The molecule has 51 heavy (non-hydrogen) atoms. The number of hydrogen-bond acceptors (Lipinski definition) is 8. The molecular weight excluding hydrogens is 673 g/mol. The molecule has 0 aromatic heterocycles. The summed E-state index contributed by atoms with van der Waals surface area (Å²) >= 11 is 1.56. The van der Waals surface area contributed by atoms with E-state index < -0.39 is 59.7 Å². The van der Waals surface area contributed by atoms with Crippen LogP contribution in [-0.2, 0) is 41.6 Å². The van der Waals surface area contributed by atoms with Gasteiger partial charge in [0.25, 0.3) is 0 Å². The zero-order chi connectivity index (χ0) is 36.8. The number of carbonyl (C=O) groups is 6. The molecule has 0 aliphatic carbocycles. The van der Waals surface area contributed by atoms with Gasteiger partial charge in [0.1, 0.15) is 24.2 Å². The lowest BCUT2D eigenvalue weighted by Gasteiger charge is -2.27. The van der Waals surface area contributed by atoms with Crippen LogP contribution >= 0.6 is 11.8 Å². The highest BCUT2D eigenvalue weighted by atomic mass is 32.2. The molecule has 2 aromatic rings. The number of carboxylic acids is 1. The van der Waals surface area contributed by atoms with E-state index in [1.807, 2.05) is 36.5 Å². The Labute approximate surface area is 302 Å². The van der Waals surface area contributed by atoms with E-state index in [4.69, 9.17) is 0 Å². The first kappa shape index (κ1) is 39.1. The van der Waals surface area contributed by atoms with Gasteiger partial charge in [0.05, 0.1) is 0 Å². The molecule has 2 bridgehead atoms. The quantitative estimate of drug-likeness (QED) is 0.158. The van der Waals surface area contributed by atoms with Crippen molar-refractivity contribution in [1.82, 2.24) is 26.2 Å². The summed E-state index contributed by atoms with van der Waals surface area (Å²) in [4.78, 5) is 81.8. The van der Waals surface area contributed by atoms with E-state index in [9.17, 15) is 33.9 Å². The highest BCUT2D eigenvalue weighted by Crippen LogP contribution is 2.28. The standard InChI is InChI=1S/C37H48N6O7S/c1-43(2)19-7-6-12-28-34(46)41-29(21-24-9-4-3-5-10-24)35(47)42-31(37(49)50)22-25-13-15-26(16-14-25)38-32(44)17-18-33(45)39-30(36(48)40-28)23-27-11-8-20-51-27/h3-5,8-10,13-16,20,27-31H,6-7,11-12,17-19,21-23H2,1-2H3,(H,38,44)(H,39,45)(H,40,48)(H,41,46)(H,42,47)(H,49,50)/t27?,28-,29+,30+,31-/m0/s1. The van der Waals surface area contributed by atoms with Crippen LogP contribution in [0.25, 0.3) is 0 Å². The Bertz CT molecular complexity index is 1540. The normalized spacial score (nSPS) is 23.8. The fourth-order valence-corrected chi connectivity index (χ4v) is 6.84. The van der Waals surface area contributed by atoms with E-state index in [0.29, 0.717) is 30.5 Å². The molecule has 3 aliphatic rings. The zero-order valence-corrected chi connectivity index (χ0v) is 29.9. The first-order valence-corrected chi connectivity index (χ1v) is 18.2. The molecule has 6 N–H and O–H groups in total. The summed E-state index contributed by atoms with van der Waals surface area (Å²) in [7, 11) is 3.88. The maximum atomic E-state index is 14.0. The van der Waals surface area contributed by atoms with Gasteiger partial charge in [0.2, 0.25) is 29.5 Å². The molecule has 13 nitrogen and oxygen atoms in total. The number of thioether (sulfide) groups is 1. The molecular formula is C37H48N6O7S. The fraction of sp³-hybridized carbons (Fsp3) is 0.459. The fourth-order valence-electron chi connectivity index (χ4n) is 5.87. The van der Waals surface area contributed by atoms with Crippen molar-refractivity contribution in [2.24, 2.45) is 0 Å². The van der Waals surface area contributed by atoms with E-state index in [1.54, 1.807) is 60.3 Å². The first-order valence-electron chi connectivity index (χ1n) is 17.3. The number of nitrogens with zero attached hydrogens (tertiary/aromatic N) is 1. The van der Waals surface area contributed by atoms with Gasteiger partial charge in [0, 0.05) is 36.6 Å². The number of anilines is 1. The lowest BCUT2D eigenvalue weighted by molar-refractivity contribution is -0.142. The van der Waals surface area contributed by atoms with E-state index in [0.717, 1.165) is 18.5 Å². The maximum absolute atomic E-state index is 14.0. The van der Waals surface area contributed by atoms with Gasteiger partial charge in [-0.25, -0.2) is 4.79 Å². The molecule has 3 heterocycles. The van der Waals surface area contributed by atoms with Crippen LogP contribution in [0, 0.1) is 0 Å². The molecule has 274 valence electrons. The lowest BCUT2D eigenvalue weighted by Crippen LogP contribution is -2.58. The minimum Gasteiger partial charge on any atom is -0.480 e. The molecule has 2 aromatic carbocycles. The van der Waals surface area contributed by atoms with Gasteiger partial charge >= 0.3 is 5.97 Å². The number of fused-ring (bicyclic) bond motifs is 18. The van der Waals surface area contributed by atoms with Crippen LogP contribution in [0.5, 0.6) is 0 Å². The van der Waals surface area contributed by atoms with Crippen molar-refractivity contribution >= 4 is 53.0 Å². The number of unbranched alkanes of at least 4 members (excludes halogenated alkanes) is 1. The third kappa shape index (κ3) is 13.2. The number of carboxylic acid groups (broad SMARTS) is 1. The molecule has 1 unspecified atom stereocenters. The first-order chi connectivity index (χ1) is 24.5. The Kier molecular flexibility index (Phi) is 15.1. The van der Waals surface area contributed by atoms with Gasteiger partial charge in [0.15, 0.2) is 0 Å². The van der Waals surface area contributed by atoms with Crippen LogP contribution in [0.2, 0.25) is 0 Å². The molecule has 0 fully saturated rings. The largest absolute Gasteiger partial charge is 0.480 e. The van der Waals surface area contributed by atoms with Crippen molar-refractivity contribution in [3.05, 3.63) is 77.2 Å². The zero-order valence-electron chi connectivity index (χ0n) is 29.1. The highest BCUT2D eigenvalue weighted by molar-refractivity contribution is 8.03. The van der Waals surface area contributed by atoms with Gasteiger partial charge in [-0.2, -0.15) is 0 Å². The van der Waals surface area contributed by atoms with Gasteiger partial charge in [-0.3, -0.25) is 24.0 Å². The summed E-state index contributed by atoms with van der Waals surface area (Å²) in [5.74, 6) is -3.98. The van der Waals surface area contributed by atoms with Crippen LogP contribution in [-0.4, -0.2) is 95.6 Å². The van der Waals surface area contributed by atoms with Gasteiger partial charge in [-0.05, 0) is 81.4 Å². The summed E-state index contributed by atoms with van der Waals surface area (Å²) in [6.45, 7) is 0.763. The van der Waals surface area contributed by atoms with E-state index in [2.05, 4.69) is 26.6 Å². The van der Waals surface area contributed by atoms with Crippen molar-refractivity contribution in [1.29, 1.82) is 0 Å². The highest BCUT2D eigenvalue weighted by Gasteiger charge is 2.33. The monoisotopic (exact) mass is 720 g/mol. The Hall–Kier alpha value is -4.69. The van der Waals surface area contributed by atoms with Gasteiger partial charge in [-0.1, -0.05) is 48.5 Å². The van der Waals surface area contributed by atoms with Crippen LogP contribution in [0.1, 0.15) is 56.1 Å². The van der Waals surface area contributed by atoms with Gasteiger partial charge in [-0.15, -0.1) is 11.8 Å². The summed E-state index contributed by atoms with van der Waals surface area (Å²) < 4.78 is 0. The number of carbonyl (C=O) groups excluding carboxylic acids is 5. The Morgan fingerprint density at radius 2 is 1.47 bits per heavy atom. The van der Waals surface area contributed by atoms with E-state index in [-0.39, 0.29) is 37.4 Å². The van der Waals surface area contributed by atoms with Crippen molar-refractivity contribution in [2.75, 3.05) is 26.0 Å². The maximum Gasteiger partial charge on any atom is 0.326 e. The van der Waals surface area contributed by atoms with Gasteiger partial charge < -0.3 is 36.6 Å². The van der Waals surface area contributed by atoms with Crippen molar-refractivity contribution in [2.45, 2.75) is 87.2 Å². The van der Waals surface area contributed by atoms with E-state index >= 15 is 0 Å². The molecule has 14 heteroatoms. The summed E-state index contributed by atoms with van der Waals surface area (Å²) in [6, 6.07) is 11.1. The molecule has 0 saturated carbocycles. The molecule has 0 spiro atoms. The second-order valence-corrected chi connectivity index (χ2v) is 14.4. The number of rotatable bonds is 10. The summed E-state index contributed by atoms with van der Waals surface area (Å²) in [6.07, 6.45) is 4.34. The van der Waals surface area contributed by atoms with Crippen LogP contribution in [0.4, 0.5) is 5.69 Å². The van der Waals surface area contributed by atoms with E-state index in [1.165, 1.54) is 0 Å². The molecule has 5 amide bonds. The van der Waals surface area contributed by atoms with Crippen LogP contribution in [0.15, 0.2) is 66.1 Å². The number of amides is 5. The van der Waals surface area contributed by atoms with Crippen molar-refractivity contribution in [3.63, 3.8) is 0 Å². The number of hydrogen-bond donors (Lipinski definition) is 6. The Morgan fingerprint density at radius 3 is 2.14 bits per heavy atom. The Morgan fingerprint density at radius 1 is 0.804 bits per heavy atom. The predicted molar refractivity (Wildman–Crippen MR) is 196 cm³/mol. The average molecular weight is 721 g/mol. The molecule has 0 radical (unpaired) electrons. The number of aliphatic carboxylic acids is 1. The second-order valence-electron chi connectivity index (χ2n) is 13.2. The molecule has 5 rings (SSSR count). The second kappa shape index (κ2) is 19.6. The topological polar surface area (TPSA) is 186 Å². The van der Waals surface area contributed by atoms with Crippen LogP contribution in [0.3, 0.4) is 0 Å². The number of nitrogens with one attached hydrogen (secondary N) is 5. The molecule has 5 atom stereocenters. The summed E-state index contributed by atoms with van der Waals surface area (Å²) in [5.41, 5.74) is 1.79. The van der Waals surface area contributed by atoms with Crippen molar-refractivity contribution < 1.29 is 33.9 Å². The average Bonchev–Trinajstić information content (AvgIpc) is 3.61. The summed E-state index contributed by atoms with van der Waals surface area (Å²) in [5, 5.41) is 25.8. The minimum absolute atomic E-state index is 0.0373. The Balaban J connectivity index is 1.66. The lowest BCUT2D eigenvalue weighted by atomic mass is 10.0. The minimum atomic E-state index is -1.32. The number of allylic oxidation sites excluding steroid dienone is 1. The number of benzene rings is 2. The molecule has 3 aliphatic heterocycles. The third-order valence-corrected chi connectivity index (χ3v) is 9.80. The van der Waals surface area contributed by atoms with Crippen molar-refractivity contribution in [3.8, 4) is 0 Å². The third-order valence-electron chi connectivity index (χ3n) is 8.68. The van der Waals surface area contributed by atoms with Crippen LogP contribution < -0.4 is 26.6 Å². The smallest absolute Gasteiger partial charge is 0.326 e. The molecule has 0 saturated heterocycles.